The smallest absolute Gasteiger partial charge is 0.328 e. The number of hydrogen-bond acceptors (Lipinski definition) is 4. The molecule has 0 saturated carbocycles. The van der Waals surface area contributed by atoms with Crippen LogP contribution in [-0.2, 0) is 14.3 Å². The Hall–Kier alpha value is -0.610. The topological polar surface area (TPSA) is 61.5 Å². The average molecular weight is 259 g/mol. The lowest BCUT2D eigenvalue weighted by Crippen LogP contribution is -2.50. The second kappa shape index (κ2) is 9.34. The van der Waals surface area contributed by atoms with E-state index >= 15 is 0 Å². The van der Waals surface area contributed by atoms with Crippen LogP contribution in [0.3, 0.4) is 0 Å². The van der Waals surface area contributed by atoms with Crippen LogP contribution in [0, 0.1) is 0 Å². The van der Waals surface area contributed by atoms with Gasteiger partial charge in [-0.2, -0.15) is 0 Å². The number of unbranched alkanes of at least 4 members (excludes halogenated alkanes) is 3. The molecule has 0 spiro atoms. The quantitative estimate of drug-likeness (QED) is 0.484. The molecule has 4 nitrogen and oxygen atoms in total. The molecule has 0 fully saturated rings. The van der Waals surface area contributed by atoms with E-state index in [1.165, 1.54) is 19.3 Å². The van der Waals surface area contributed by atoms with Gasteiger partial charge < -0.3 is 15.2 Å². The first-order valence-electron chi connectivity index (χ1n) is 7.01. The van der Waals surface area contributed by atoms with Crippen LogP contribution in [0.2, 0.25) is 0 Å². The molecule has 108 valence electrons. The fourth-order valence-electron chi connectivity index (χ4n) is 1.61. The lowest BCUT2D eigenvalue weighted by atomic mass is 10.1. The fourth-order valence-corrected chi connectivity index (χ4v) is 1.61. The van der Waals surface area contributed by atoms with Gasteiger partial charge in [-0.1, -0.05) is 32.6 Å². The number of carbonyl (C=O) groups is 1. The minimum Gasteiger partial charge on any atom is -0.465 e. The van der Waals surface area contributed by atoms with Crippen LogP contribution in [0.25, 0.3) is 0 Å². The molecule has 0 aromatic heterocycles. The third-order valence-corrected chi connectivity index (χ3v) is 2.87. The van der Waals surface area contributed by atoms with Gasteiger partial charge in [0.25, 0.3) is 0 Å². The summed E-state index contributed by atoms with van der Waals surface area (Å²) in [7, 11) is 0. The highest BCUT2D eigenvalue weighted by molar-refractivity contribution is 5.80. The maximum Gasteiger partial charge on any atom is 0.328 e. The zero-order valence-electron chi connectivity index (χ0n) is 12.3. The summed E-state index contributed by atoms with van der Waals surface area (Å²) in [6.07, 6.45) is 6.05. The second-order valence-corrected chi connectivity index (χ2v) is 5.11. The number of nitrogens with two attached hydrogens (primary N) is 1. The predicted molar refractivity (Wildman–Crippen MR) is 73.4 cm³/mol. The summed E-state index contributed by atoms with van der Waals surface area (Å²) in [5.41, 5.74) is 4.82. The summed E-state index contributed by atoms with van der Waals surface area (Å²) in [6.45, 7) is 8.19. The van der Waals surface area contributed by atoms with Gasteiger partial charge in [0.1, 0.15) is 5.54 Å². The van der Waals surface area contributed by atoms with Gasteiger partial charge in [0, 0.05) is 0 Å². The molecule has 0 amide bonds. The molecule has 0 radical (unpaired) electrons. The van der Waals surface area contributed by atoms with E-state index in [0.29, 0.717) is 6.61 Å². The minimum absolute atomic E-state index is 0.138. The van der Waals surface area contributed by atoms with Crippen molar-refractivity contribution < 1.29 is 14.3 Å². The number of rotatable bonds is 10. The molecule has 4 heteroatoms. The van der Waals surface area contributed by atoms with Crippen LogP contribution in [-0.4, -0.2) is 30.8 Å². The van der Waals surface area contributed by atoms with Gasteiger partial charge in [0.2, 0.25) is 0 Å². The number of ether oxygens (including phenoxy) is 2. The third kappa shape index (κ3) is 7.67. The van der Waals surface area contributed by atoms with Crippen molar-refractivity contribution in [1.29, 1.82) is 0 Å². The molecule has 0 saturated heterocycles. The predicted octanol–water partition coefficient (Wildman–Crippen LogP) is 2.64. The van der Waals surface area contributed by atoms with Gasteiger partial charge in [-0.3, -0.25) is 0 Å². The van der Waals surface area contributed by atoms with Crippen LogP contribution < -0.4 is 5.73 Å². The minimum atomic E-state index is -1.05. The van der Waals surface area contributed by atoms with Crippen LogP contribution in [0.4, 0.5) is 0 Å². The van der Waals surface area contributed by atoms with Crippen molar-refractivity contribution in [3.05, 3.63) is 0 Å². The Kier molecular flexibility index (Phi) is 9.02. The van der Waals surface area contributed by atoms with E-state index in [9.17, 15) is 4.79 Å². The van der Waals surface area contributed by atoms with Crippen molar-refractivity contribution in [1.82, 2.24) is 0 Å². The Morgan fingerprint density at radius 2 is 1.94 bits per heavy atom. The molecule has 2 N–H and O–H groups in total. The average Bonchev–Trinajstić information content (AvgIpc) is 2.32. The molecule has 0 heterocycles. The summed E-state index contributed by atoms with van der Waals surface area (Å²) in [5, 5.41) is 0. The van der Waals surface area contributed by atoms with Gasteiger partial charge in [0.05, 0.1) is 19.3 Å². The molecule has 0 aliphatic carbocycles. The van der Waals surface area contributed by atoms with Crippen molar-refractivity contribution in [2.75, 3.05) is 13.2 Å². The maximum atomic E-state index is 11.5. The molecular formula is C14H29NO3. The lowest BCUT2D eigenvalue weighted by Gasteiger charge is -2.24. The Balaban J connectivity index is 3.81. The van der Waals surface area contributed by atoms with E-state index in [0.717, 1.165) is 12.8 Å². The summed E-state index contributed by atoms with van der Waals surface area (Å²) < 4.78 is 10.5. The highest BCUT2D eigenvalue weighted by atomic mass is 16.5. The molecule has 18 heavy (non-hydrogen) atoms. The highest BCUT2D eigenvalue weighted by Gasteiger charge is 2.30. The lowest BCUT2D eigenvalue weighted by molar-refractivity contribution is -0.152. The molecule has 2 unspecified atom stereocenters. The van der Waals surface area contributed by atoms with Crippen molar-refractivity contribution in [2.24, 2.45) is 5.73 Å². The fraction of sp³-hybridized carbons (Fsp3) is 0.929. The zero-order chi connectivity index (χ0) is 14.0. The van der Waals surface area contributed by atoms with Crippen molar-refractivity contribution in [2.45, 2.75) is 71.4 Å². The van der Waals surface area contributed by atoms with Gasteiger partial charge in [-0.05, 0) is 27.2 Å². The van der Waals surface area contributed by atoms with Gasteiger partial charge >= 0.3 is 5.97 Å². The third-order valence-electron chi connectivity index (χ3n) is 2.87. The van der Waals surface area contributed by atoms with Crippen molar-refractivity contribution in [3.8, 4) is 0 Å². The molecule has 0 aromatic carbocycles. The zero-order valence-corrected chi connectivity index (χ0v) is 12.3. The van der Waals surface area contributed by atoms with Crippen LogP contribution >= 0.6 is 0 Å². The van der Waals surface area contributed by atoms with Crippen molar-refractivity contribution in [3.63, 3.8) is 0 Å². The summed E-state index contributed by atoms with van der Waals surface area (Å²) in [4.78, 5) is 11.5. The van der Waals surface area contributed by atoms with E-state index in [-0.39, 0.29) is 12.7 Å². The molecular weight excluding hydrogens is 230 g/mol. The normalized spacial score (nSPS) is 16.1. The molecule has 0 aromatic rings. The molecule has 0 aliphatic rings. The van der Waals surface area contributed by atoms with Crippen LogP contribution in [0.5, 0.6) is 0 Å². The standard InChI is InChI=1S/C14H29NO3/c1-5-7-8-9-10-12(3)18-11-14(4,15)13(16)17-6-2/h12H,5-11,15H2,1-4H3. The van der Waals surface area contributed by atoms with Crippen molar-refractivity contribution >= 4 is 5.97 Å². The summed E-state index contributed by atoms with van der Waals surface area (Å²) in [6, 6.07) is 0. The first-order valence-corrected chi connectivity index (χ1v) is 7.01. The molecule has 0 bridgehead atoms. The first kappa shape index (κ1) is 17.4. The Morgan fingerprint density at radius 3 is 2.50 bits per heavy atom. The van der Waals surface area contributed by atoms with E-state index < -0.39 is 11.5 Å². The van der Waals surface area contributed by atoms with Gasteiger partial charge in [-0.15, -0.1) is 0 Å². The number of hydrogen-bond donors (Lipinski definition) is 1. The van der Waals surface area contributed by atoms with Gasteiger partial charge in [0.15, 0.2) is 0 Å². The summed E-state index contributed by atoms with van der Waals surface area (Å²) >= 11 is 0. The largest absolute Gasteiger partial charge is 0.465 e. The molecule has 0 rings (SSSR count). The van der Waals surface area contributed by atoms with Gasteiger partial charge in [-0.25, -0.2) is 4.79 Å². The second-order valence-electron chi connectivity index (χ2n) is 5.11. The van der Waals surface area contributed by atoms with Crippen LogP contribution in [0.15, 0.2) is 0 Å². The summed E-state index contributed by atoms with van der Waals surface area (Å²) in [5.74, 6) is -0.400. The highest BCUT2D eigenvalue weighted by Crippen LogP contribution is 2.11. The first-order chi connectivity index (χ1) is 8.44. The monoisotopic (exact) mass is 259 g/mol. The Morgan fingerprint density at radius 1 is 1.28 bits per heavy atom. The molecule has 2 atom stereocenters. The molecule has 0 aliphatic heterocycles. The number of esters is 1. The van der Waals surface area contributed by atoms with E-state index in [4.69, 9.17) is 15.2 Å². The van der Waals surface area contributed by atoms with E-state index in [2.05, 4.69) is 6.92 Å². The maximum absolute atomic E-state index is 11.5. The Labute approximate surface area is 111 Å². The SMILES string of the molecule is CCCCCCC(C)OCC(C)(N)C(=O)OCC. The van der Waals surface area contributed by atoms with Crippen LogP contribution in [0.1, 0.15) is 59.8 Å². The number of carbonyl (C=O) groups excluding carboxylic acids is 1. The van der Waals surface area contributed by atoms with E-state index in [1.807, 2.05) is 6.92 Å². The van der Waals surface area contributed by atoms with E-state index in [1.54, 1.807) is 13.8 Å². The Bertz CT molecular complexity index is 229.